The lowest BCUT2D eigenvalue weighted by molar-refractivity contribution is 0.300. The molecule has 0 unspecified atom stereocenters. The smallest absolute Gasteiger partial charge is 0.439 e. The number of fused-ring (bicyclic) bond motifs is 2. The van der Waals surface area contributed by atoms with Gasteiger partial charge in [0.15, 0.2) is 5.82 Å². The number of nitrogens with zero attached hydrogens (tertiary/aromatic N) is 1. The van der Waals surface area contributed by atoms with Crippen LogP contribution in [0.4, 0.5) is 0 Å². The summed E-state index contributed by atoms with van der Waals surface area (Å²) in [4.78, 5) is 14.2. The first-order valence-corrected chi connectivity index (χ1v) is 10.5. The van der Waals surface area contributed by atoms with Crippen molar-refractivity contribution in [2.75, 3.05) is 0 Å². The highest BCUT2D eigenvalue weighted by atomic mass is 35.5. The summed E-state index contributed by atoms with van der Waals surface area (Å²) in [5.74, 6) is 1.27. The summed E-state index contributed by atoms with van der Waals surface area (Å²) >= 11 is 6.05. The predicted molar refractivity (Wildman–Crippen MR) is 122 cm³/mol. The highest BCUT2D eigenvalue weighted by molar-refractivity contribution is 6.30. The number of para-hydroxylation sites is 1. The SMILES string of the molecule is CC(=C1c2ccc(COc3cccc(Cl)c3)cc2COc2ccccc21)c1noc(=O)[nH]1. The van der Waals surface area contributed by atoms with E-state index in [1.165, 1.54) is 0 Å². The van der Waals surface area contributed by atoms with Gasteiger partial charge in [0.05, 0.1) is 0 Å². The number of nitrogens with one attached hydrogen (secondary N) is 1. The van der Waals surface area contributed by atoms with Crippen LogP contribution in [0.5, 0.6) is 11.5 Å². The fraction of sp³-hybridized carbons (Fsp3) is 0.120. The number of allylic oxidation sites excluding steroid dienone is 1. The molecule has 32 heavy (non-hydrogen) atoms. The van der Waals surface area contributed by atoms with Crippen molar-refractivity contribution in [2.45, 2.75) is 20.1 Å². The van der Waals surface area contributed by atoms with Crippen molar-refractivity contribution >= 4 is 22.7 Å². The van der Waals surface area contributed by atoms with E-state index in [4.69, 9.17) is 25.6 Å². The molecule has 0 saturated heterocycles. The third-order valence-electron chi connectivity index (χ3n) is 5.35. The van der Waals surface area contributed by atoms with Crippen molar-refractivity contribution in [1.29, 1.82) is 0 Å². The molecule has 0 amide bonds. The molecule has 2 heterocycles. The molecule has 0 saturated carbocycles. The second kappa shape index (κ2) is 8.40. The average Bonchev–Trinajstić information content (AvgIpc) is 3.17. The van der Waals surface area contributed by atoms with E-state index in [0.29, 0.717) is 29.8 Å². The maximum atomic E-state index is 11.5. The van der Waals surface area contributed by atoms with Crippen LogP contribution in [-0.2, 0) is 13.2 Å². The molecule has 0 bridgehead atoms. The van der Waals surface area contributed by atoms with Gasteiger partial charge >= 0.3 is 5.76 Å². The van der Waals surface area contributed by atoms with Crippen molar-refractivity contribution in [3.8, 4) is 11.5 Å². The lowest BCUT2D eigenvalue weighted by Gasteiger charge is -2.14. The van der Waals surface area contributed by atoms with E-state index in [9.17, 15) is 4.79 Å². The van der Waals surface area contributed by atoms with Crippen molar-refractivity contribution in [2.24, 2.45) is 0 Å². The van der Waals surface area contributed by atoms with Gasteiger partial charge in [-0.25, -0.2) is 4.79 Å². The Morgan fingerprint density at radius 3 is 2.78 bits per heavy atom. The highest BCUT2D eigenvalue weighted by Gasteiger charge is 2.23. The molecule has 0 radical (unpaired) electrons. The van der Waals surface area contributed by atoms with Crippen molar-refractivity contribution in [1.82, 2.24) is 10.1 Å². The number of benzene rings is 3. The zero-order valence-electron chi connectivity index (χ0n) is 17.2. The van der Waals surface area contributed by atoms with Crippen molar-refractivity contribution in [3.05, 3.63) is 110 Å². The van der Waals surface area contributed by atoms with E-state index < -0.39 is 5.76 Å². The number of hydrogen-bond acceptors (Lipinski definition) is 5. The summed E-state index contributed by atoms with van der Waals surface area (Å²) in [6.07, 6.45) is 0. The molecule has 160 valence electrons. The molecule has 5 rings (SSSR count). The van der Waals surface area contributed by atoms with E-state index >= 15 is 0 Å². The van der Waals surface area contributed by atoms with Crippen LogP contribution >= 0.6 is 11.6 Å². The normalized spacial score (nSPS) is 14.1. The summed E-state index contributed by atoms with van der Waals surface area (Å²) in [5.41, 5.74) is 5.66. The minimum absolute atomic E-state index is 0.390. The Balaban J connectivity index is 1.56. The Hall–Kier alpha value is -3.77. The van der Waals surface area contributed by atoms with E-state index in [2.05, 4.69) is 22.3 Å². The fourth-order valence-corrected chi connectivity index (χ4v) is 4.02. The second-order valence-electron chi connectivity index (χ2n) is 7.47. The molecule has 1 aliphatic heterocycles. The Morgan fingerprint density at radius 1 is 1.09 bits per heavy atom. The van der Waals surface area contributed by atoms with Gasteiger partial charge in [0, 0.05) is 16.2 Å². The number of hydrogen-bond donors (Lipinski definition) is 1. The number of aromatic amines is 1. The largest absolute Gasteiger partial charge is 0.489 e. The standard InChI is InChI=1S/C25H19ClN2O4/c1-15(24-27-25(29)32-28-24)23-20-10-9-16(13-30-19-6-4-5-18(26)12-19)11-17(20)14-31-22-8-3-2-7-21(22)23/h2-12H,13-14H2,1H3,(H,27,28,29). The zero-order valence-corrected chi connectivity index (χ0v) is 18.0. The Bertz CT molecular complexity index is 1390. The lowest BCUT2D eigenvalue weighted by atomic mass is 9.89. The van der Waals surface area contributed by atoms with Gasteiger partial charge in [-0.3, -0.25) is 9.51 Å². The molecule has 0 atom stereocenters. The van der Waals surface area contributed by atoms with E-state index in [1.54, 1.807) is 6.07 Å². The molecule has 0 aliphatic carbocycles. The second-order valence-corrected chi connectivity index (χ2v) is 7.90. The van der Waals surface area contributed by atoms with Gasteiger partial charge in [0.1, 0.15) is 24.7 Å². The third-order valence-corrected chi connectivity index (χ3v) is 5.59. The predicted octanol–water partition coefficient (Wildman–Crippen LogP) is 5.47. The van der Waals surface area contributed by atoms with E-state index in [-0.39, 0.29) is 0 Å². The molecule has 1 aromatic heterocycles. The van der Waals surface area contributed by atoms with E-state index in [0.717, 1.165) is 39.1 Å². The van der Waals surface area contributed by atoms with E-state index in [1.807, 2.05) is 55.5 Å². The van der Waals surface area contributed by atoms with Crippen LogP contribution in [0.25, 0.3) is 11.1 Å². The number of halogens is 1. The van der Waals surface area contributed by atoms with Crippen LogP contribution in [-0.4, -0.2) is 10.1 Å². The third kappa shape index (κ3) is 3.92. The monoisotopic (exact) mass is 446 g/mol. The first-order valence-electron chi connectivity index (χ1n) is 10.1. The highest BCUT2D eigenvalue weighted by Crippen LogP contribution is 2.40. The van der Waals surface area contributed by atoms with Crippen LogP contribution < -0.4 is 15.2 Å². The molecule has 1 aliphatic rings. The van der Waals surface area contributed by atoms with Crippen LogP contribution in [0.15, 0.2) is 76.0 Å². The summed E-state index contributed by atoms with van der Waals surface area (Å²) in [6.45, 7) is 2.71. The van der Waals surface area contributed by atoms with Crippen LogP contribution in [0.3, 0.4) is 0 Å². The molecule has 1 N–H and O–H groups in total. The van der Waals surface area contributed by atoms with Gasteiger partial charge in [-0.05, 0) is 59.5 Å². The summed E-state index contributed by atoms with van der Waals surface area (Å²) in [7, 11) is 0. The number of rotatable bonds is 4. The summed E-state index contributed by atoms with van der Waals surface area (Å²) < 4.78 is 16.8. The number of H-pyrrole nitrogens is 1. The first kappa shape index (κ1) is 20.2. The molecule has 0 fully saturated rings. The maximum absolute atomic E-state index is 11.5. The number of ether oxygens (including phenoxy) is 2. The summed E-state index contributed by atoms with van der Waals surface area (Å²) in [5, 5.41) is 4.51. The van der Waals surface area contributed by atoms with Crippen LogP contribution in [0.2, 0.25) is 5.02 Å². The maximum Gasteiger partial charge on any atom is 0.439 e. The summed E-state index contributed by atoms with van der Waals surface area (Å²) in [6, 6.07) is 21.3. The minimum Gasteiger partial charge on any atom is -0.489 e. The molecule has 0 spiro atoms. The minimum atomic E-state index is -0.591. The molecule has 6 nitrogen and oxygen atoms in total. The van der Waals surface area contributed by atoms with Gasteiger partial charge in [-0.2, -0.15) is 0 Å². The molecular weight excluding hydrogens is 428 g/mol. The van der Waals surface area contributed by atoms with Gasteiger partial charge in [0.25, 0.3) is 0 Å². The Kier molecular flexibility index (Phi) is 5.29. The Morgan fingerprint density at radius 2 is 1.97 bits per heavy atom. The average molecular weight is 447 g/mol. The topological polar surface area (TPSA) is 77.3 Å². The van der Waals surface area contributed by atoms with Crippen LogP contribution in [0.1, 0.15) is 35.0 Å². The zero-order chi connectivity index (χ0) is 22.1. The molecule has 3 aromatic carbocycles. The van der Waals surface area contributed by atoms with Gasteiger partial charge in [-0.1, -0.05) is 53.2 Å². The molecule has 4 aromatic rings. The quantitative estimate of drug-likeness (QED) is 0.450. The van der Waals surface area contributed by atoms with Gasteiger partial charge < -0.3 is 9.47 Å². The first-order chi connectivity index (χ1) is 15.6. The lowest BCUT2D eigenvalue weighted by Crippen LogP contribution is -2.02. The van der Waals surface area contributed by atoms with Crippen molar-refractivity contribution < 1.29 is 14.0 Å². The van der Waals surface area contributed by atoms with Gasteiger partial charge in [-0.15, -0.1) is 0 Å². The van der Waals surface area contributed by atoms with Crippen molar-refractivity contribution in [3.63, 3.8) is 0 Å². The Labute approximate surface area is 189 Å². The molecule has 7 heteroatoms. The number of aromatic nitrogens is 2. The fourth-order valence-electron chi connectivity index (χ4n) is 3.84. The van der Waals surface area contributed by atoms with Gasteiger partial charge in [0.2, 0.25) is 0 Å². The molecular formula is C25H19ClN2O4. The van der Waals surface area contributed by atoms with Crippen LogP contribution in [0, 0.1) is 0 Å².